The summed E-state index contributed by atoms with van der Waals surface area (Å²) >= 11 is 0. The lowest BCUT2D eigenvalue weighted by Crippen LogP contribution is -2.28. The van der Waals surface area contributed by atoms with E-state index in [1.807, 2.05) is 6.08 Å². The first-order chi connectivity index (χ1) is 6.86. The van der Waals surface area contributed by atoms with Gasteiger partial charge in [0.15, 0.2) is 0 Å². The first-order valence-corrected chi connectivity index (χ1v) is 6.21. The van der Waals surface area contributed by atoms with Crippen LogP contribution in [0.4, 0.5) is 0 Å². The van der Waals surface area contributed by atoms with E-state index in [1.54, 1.807) is 0 Å². The van der Waals surface area contributed by atoms with Crippen LogP contribution in [-0.4, -0.2) is 12.6 Å². The largest absolute Gasteiger partial charge is 0.314 e. The maximum absolute atomic E-state index is 3.82. The second-order valence-electron chi connectivity index (χ2n) is 4.51. The van der Waals surface area contributed by atoms with Gasteiger partial charge in [0.2, 0.25) is 0 Å². The maximum atomic E-state index is 3.82. The highest BCUT2D eigenvalue weighted by atomic mass is 14.9. The van der Waals surface area contributed by atoms with Crippen molar-refractivity contribution in [2.75, 3.05) is 6.54 Å². The van der Waals surface area contributed by atoms with Crippen molar-refractivity contribution in [3.05, 3.63) is 12.7 Å². The number of hydrogen-bond acceptors (Lipinski definition) is 1. The van der Waals surface area contributed by atoms with Crippen LogP contribution in [0.2, 0.25) is 0 Å². The Kier molecular flexibility index (Phi) is 5.93. The number of nitrogens with one attached hydrogen (secondary N) is 1. The first-order valence-electron chi connectivity index (χ1n) is 6.21. The zero-order valence-corrected chi connectivity index (χ0v) is 9.60. The van der Waals surface area contributed by atoms with Gasteiger partial charge in [-0.15, -0.1) is 6.58 Å². The van der Waals surface area contributed by atoms with Gasteiger partial charge in [0.25, 0.3) is 0 Å². The first kappa shape index (κ1) is 11.8. The van der Waals surface area contributed by atoms with Crippen molar-refractivity contribution in [3.8, 4) is 0 Å². The Morgan fingerprint density at radius 2 is 2.14 bits per heavy atom. The Morgan fingerprint density at radius 3 is 2.71 bits per heavy atom. The standard InChI is InChI=1S/C13H25N/c1-3-7-13(14-4-2)11-10-12-8-5-6-9-12/h3,12-14H,1,4-11H2,2H3. The predicted octanol–water partition coefficient (Wildman–Crippen LogP) is 3.51. The summed E-state index contributed by atoms with van der Waals surface area (Å²) < 4.78 is 0. The summed E-state index contributed by atoms with van der Waals surface area (Å²) in [6.45, 7) is 7.10. The Morgan fingerprint density at radius 1 is 1.43 bits per heavy atom. The molecule has 1 heteroatoms. The van der Waals surface area contributed by atoms with E-state index < -0.39 is 0 Å². The molecule has 82 valence electrons. The summed E-state index contributed by atoms with van der Waals surface area (Å²) in [7, 11) is 0. The summed E-state index contributed by atoms with van der Waals surface area (Å²) in [5.74, 6) is 1.03. The van der Waals surface area contributed by atoms with Crippen LogP contribution in [0.3, 0.4) is 0 Å². The third kappa shape index (κ3) is 4.28. The second-order valence-corrected chi connectivity index (χ2v) is 4.51. The van der Waals surface area contributed by atoms with Crippen molar-refractivity contribution < 1.29 is 0 Å². The van der Waals surface area contributed by atoms with Gasteiger partial charge in [0.1, 0.15) is 0 Å². The molecule has 0 spiro atoms. The topological polar surface area (TPSA) is 12.0 Å². The zero-order valence-electron chi connectivity index (χ0n) is 9.60. The molecule has 0 aromatic carbocycles. The van der Waals surface area contributed by atoms with Crippen molar-refractivity contribution in [3.63, 3.8) is 0 Å². The lowest BCUT2D eigenvalue weighted by atomic mass is 9.97. The van der Waals surface area contributed by atoms with Crippen LogP contribution in [0.15, 0.2) is 12.7 Å². The highest BCUT2D eigenvalue weighted by Crippen LogP contribution is 2.29. The van der Waals surface area contributed by atoms with Crippen LogP contribution in [-0.2, 0) is 0 Å². The van der Waals surface area contributed by atoms with E-state index in [2.05, 4.69) is 18.8 Å². The van der Waals surface area contributed by atoms with Crippen molar-refractivity contribution in [1.82, 2.24) is 5.32 Å². The van der Waals surface area contributed by atoms with E-state index in [1.165, 1.54) is 38.5 Å². The minimum Gasteiger partial charge on any atom is -0.314 e. The molecule has 1 N–H and O–H groups in total. The third-order valence-corrected chi connectivity index (χ3v) is 3.34. The van der Waals surface area contributed by atoms with E-state index in [-0.39, 0.29) is 0 Å². The highest BCUT2D eigenvalue weighted by molar-refractivity contribution is 4.79. The summed E-state index contributed by atoms with van der Waals surface area (Å²) in [5.41, 5.74) is 0. The fraction of sp³-hybridized carbons (Fsp3) is 0.846. The van der Waals surface area contributed by atoms with Crippen LogP contribution >= 0.6 is 0 Å². The Labute approximate surface area is 89.0 Å². The molecule has 0 radical (unpaired) electrons. The highest BCUT2D eigenvalue weighted by Gasteiger charge is 2.16. The van der Waals surface area contributed by atoms with Gasteiger partial charge in [0, 0.05) is 6.04 Å². The molecular formula is C13H25N. The monoisotopic (exact) mass is 195 g/mol. The van der Waals surface area contributed by atoms with Crippen LogP contribution in [0.25, 0.3) is 0 Å². The molecule has 1 unspecified atom stereocenters. The summed E-state index contributed by atoms with van der Waals surface area (Å²) in [4.78, 5) is 0. The van der Waals surface area contributed by atoms with Crippen LogP contribution in [0.1, 0.15) is 51.9 Å². The summed E-state index contributed by atoms with van der Waals surface area (Å²) in [6, 6.07) is 0.679. The van der Waals surface area contributed by atoms with E-state index >= 15 is 0 Å². The zero-order chi connectivity index (χ0) is 10.2. The molecule has 0 bridgehead atoms. The normalized spacial score (nSPS) is 19.8. The van der Waals surface area contributed by atoms with E-state index in [9.17, 15) is 0 Å². The summed E-state index contributed by atoms with van der Waals surface area (Å²) in [6.07, 6.45) is 11.8. The molecule has 0 aromatic rings. The lowest BCUT2D eigenvalue weighted by Gasteiger charge is -2.18. The minimum atomic E-state index is 0.679. The van der Waals surface area contributed by atoms with Crippen molar-refractivity contribution in [2.24, 2.45) is 5.92 Å². The molecule has 1 nitrogen and oxygen atoms in total. The molecule has 0 aromatic heterocycles. The number of hydrogen-bond donors (Lipinski definition) is 1. The molecule has 0 amide bonds. The Bertz CT molecular complexity index is 147. The molecule has 1 atom stereocenters. The van der Waals surface area contributed by atoms with Gasteiger partial charge in [-0.05, 0) is 31.7 Å². The average molecular weight is 195 g/mol. The van der Waals surface area contributed by atoms with E-state index in [4.69, 9.17) is 0 Å². The minimum absolute atomic E-state index is 0.679. The number of rotatable bonds is 7. The maximum Gasteiger partial charge on any atom is 0.0101 e. The fourth-order valence-electron chi connectivity index (χ4n) is 2.53. The van der Waals surface area contributed by atoms with Crippen LogP contribution < -0.4 is 5.32 Å². The van der Waals surface area contributed by atoms with Gasteiger partial charge in [-0.3, -0.25) is 0 Å². The molecule has 1 aliphatic carbocycles. The van der Waals surface area contributed by atoms with Crippen LogP contribution in [0.5, 0.6) is 0 Å². The second kappa shape index (κ2) is 7.05. The molecule has 14 heavy (non-hydrogen) atoms. The van der Waals surface area contributed by atoms with Gasteiger partial charge in [-0.1, -0.05) is 38.7 Å². The van der Waals surface area contributed by atoms with Gasteiger partial charge >= 0.3 is 0 Å². The quantitative estimate of drug-likeness (QED) is 0.613. The Hall–Kier alpha value is -0.300. The van der Waals surface area contributed by atoms with Gasteiger partial charge in [-0.2, -0.15) is 0 Å². The van der Waals surface area contributed by atoms with E-state index in [0.717, 1.165) is 18.9 Å². The molecule has 1 fully saturated rings. The van der Waals surface area contributed by atoms with Gasteiger partial charge in [0.05, 0.1) is 0 Å². The molecule has 0 saturated heterocycles. The molecule has 0 heterocycles. The average Bonchev–Trinajstić information content (AvgIpc) is 2.67. The molecule has 1 saturated carbocycles. The molecule has 0 aliphatic heterocycles. The third-order valence-electron chi connectivity index (χ3n) is 3.34. The fourth-order valence-corrected chi connectivity index (χ4v) is 2.53. The Balaban J connectivity index is 2.13. The van der Waals surface area contributed by atoms with Crippen LogP contribution in [0, 0.1) is 5.92 Å². The van der Waals surface area contributed by atoms with Crippen molar-refractivity contribution >= 4 is 0 Å². The predicted molar refractivity (Wildman–Crippen MR) is 63.5 cm³/mol. The SMILES string of the molecule is C=CCC(CCC1CCCC1)NCC. The summed E-state index contributed by atoms with van der Waals surface area (Å²) in [5, 5.41) is 3.54. The van der Waals surface area contributed by atoms with Crippen molar-refractivity contribution in [2.45, 2.75) is 57.9 Å². The molecule has 1 aliphatic rings. The van der Waals surface area contributed by atoms with Gasteiger partial charge < -0.3 is 5.32 Å². The molecular weight excluding hydrogens is 170 g/mol. The smallest absolute Gasteiger partial charge is 0.0101 e. The lowest BCUT2D eigenvalue weighted by molar-refractivity contribution is 0.411. The van der Waals surface area contributed by atoms with Crippen molar-refractivity contribution in [1.29, 1.82) is 0 Å². The molecule has 1 rings (SSSR count). The van der Waals surface area contributed by atoms with E-state index in [0.29, 0.717) is 6.04 Å². The van der Waals surface area contributed by atoms with Gasteiger partial charge in [-0.25, -0.2) is 0 Å².